The van der Waals surface area contributed by atoms with Gasteiger partial charge in [-0.3, -0.25) is 0 Å². The molecule has 2 nitrogen and oxygen atoms in total. The third kappa shape index (κ3) is 2.23. The highest BCUT2D eigenvalue weighted by atomic mass is 79.9. The molecule has 0 amide bonds. The van der Waals surface area contributed by atoms with Crippen LogP contribution >= 0.6 is 27.5 Å². The average Bonchev–Trinajstić information content (AvgIpc) is 2.47. The molecule has 0 saturated carbocycles. The van der Waals surface area contributed by atoms with Gasteiger partial charge in [-0.2, -0.15) is 0 Å². The van der Waals surface area contributed by atoms with Gasteiger partial charge in [0, 0.05) is 10.4 Å². The van der Waals surface area contributed by atoms with Crippen LogP contribution in [-0.4, -0.2) is 13.2 Å². The maximum Gasteiger partial charge on any atom is 0.162 e. The first-order valence-electron chi connectivity index (χ1n) is 7.05. The van der Waals surface area contributed by atoms with Crippen molar-refractivity contribution < 1.29 is 9.47 Å². The molecule has 108 valence electrons. The molecule has 2 atom stereocenters. The van der Waals surface area contributed by atoms with Gasteiger partial charge in [0.1, 0.15) is 13.2 Å². The predicted octanol–water partition coefficient (Wildman–Crippen LogP) is 4.84. The number of alkyl halides is 1. The van der Waals surface area contributed by atoms with Gasteiger partial charge in [0.15, 0.2) is 11.5 Å². The Morgan fingerprint density at radius 3 is 2.57 bits per heavy atom. The van der Waals surface area contributed by atoms with E-state index in [1.165, 1.54) is 11.1 Å². The SMILES string of the molecule is ClC(c1cc2c(cc1Br)OCCO2)C1Cc2ccccc21. The van der Waals surface area contributed by atoms with Crippen LogP contribution < -0.4 is 9.47 Å². The number of rotatable bonds is 2. The summed E-state index contributed by atoms with van der Waals surface area (Å²) in [6.45, 7) is 1.19. The van der Waals surface area contributed by atoms with Crippen molar-refractivity contribution >= 4 is 27.5 Å². The Labute approximate surface area is 137 Å². The molecular weight excluding hydrogens is 352 g/mol. The van der Waals surface area contributed by atoms with Crippen LogP contribution in [0.2, 0.25) is 0 Å². The summed E-state index contributed by atoms with van der Waals surface area (Å²) in [5, 5.41) is -0.0647. The van der Waals surface area contributed by atoms with Gasteiger partial charge in [0.2, 0.25) is 0 Å². The second kappa shape index (κ2) is 5.22. The molecule has 0 bridgehead atoms. The minimum atomic E-state index is -0.0647. The Morgan fingerprint density at radius 2 is 1.81 bits per heavy atom. The van der Waals surface area contributed by atoms with Gasteiger partial charge >= 0.3 is 0 Å². The zero-order valence-electron chi connectivity index (χ0n) is 11.3. The minimum Gasteiger partial charge on any atom is -0.486 e. The highest BCUT2D eigenvalue weighted by molar-refractivity contribution is 9.10. The van der Waals surface area contributed by atoms with Crippen LogP contribution in [-0.2, 0) is 6.42 Å². The zero-order valence-corrected chi connectivity index (χ0v) is 13.7. The van der Waals surface area contributed by atoms with Gasteiger partial charge in [-0.1, -0.05) is 40.2 Å². The van der Waals surface area contributed by atoms with E-state index in [4.69, 9.17) is 21.1 Å². The Hall–Kier alpha value is -1.19. The van der Waals surface area contributed by atoms with E-state index in [-0.39, 0.29) is 5.38 Å². The maximum absolute atomic E-state index is 6.76. The highest BCUT2D eigenvalue weighted by Crippen LogP contribution is 2.50. The maximum atomic E-state index is 6.76. The van der Waals surface area contributed by atoms with Gasteiger partial charge in [0.25, 0.3) is 0 Å². The van der Waals surface area contributed by atoms with E-state index in [0.29, 0.717) is 19.1 Å². The van der Waals surface area contributed by atoms with Gasteiger partial charge in [-0.25, -0.2) is 0 Å². The van der Waals surface area contributed by atoms with E-state index < -0.39 is 0 Å². The molecule has 0 spiro atoms. The van der Waals surface area contributed by atoms with Crippen molar-refractivity contribution in [2.45, 2.75) is 17.7 Å². The van der Waals surface area contributed by atoms with Crippen LogP contribution in [0.1, 0.15) is 28.0 Å². The first kappa shape index (κ1) is 13.5. The smallest absolute Gasteiger partial charge is 0.162 e. The summed E-state index contributed by atoms with van der Waals surface area (Å²) in [5.41, 5.74) is 3.83. The van der Waals surface area contributed by atoms with E-state index in [9.17, 15) is 0 Å². The quantitative estimate of drug-likeness (QED) is 0.709. The van der Waals surface area contributed by atoms with Crippen molar-refractivity contribution in [2.24, 2.45) is 0 Å². The Kier molecular flexibility index (Phi) is 3.35. The molecular formula is C17H14BrClO2. The zero-order chi connectivity index (χ0) is 14.4. The molecule has 2 aromatic rings. The lowest BCUT2D eigenvalue weighted by Crippen LogP contribution is -2.21. The molecule has 0 N–H and O–H groups in total. The van der Waals surface area contributed by atoms with Crippen molar-refractivity contribution in [3.8, 4) is 11.5 Å². The van der Waals surface area contributed by atoms with Crippen LogP contribution in [0, 0.1) is 0 Å². The van der Waals surface area contributed by atoms with Crippen molar-refractivity contribution in [1.29, 1.82) is 0 Å². The fraction of sp³-hybridized carbons (Fsp3) is 0.294. The fourth-order valence-electron chi connectivity index (χ4n) is 3.07. The molecule has 4 heteroatoms. The van der Waals surface area contributed by atoms with Crippen molar-refractivity contribution in [2.75, 3.05) is 13.2 Å². The lowest BCUT2D eigenvalue weighted by atomic mass is 9.74. The largest absolute Gasteiger partial charge is 0.486 e. The molecule has 1 aliphatic heterocycles. The van der Waals surface area contributed by atoms with E-state index in [0.717, 1.165) is 28.0 Å². The second-order valence-corrected chi connectivity index (χ2v) is 6.75. The topological polar surface area (TPSA) is 18.5 Å². The predicted molar refractivity (Wildman–Crippen MR) is 86.6 cm³/mol. The van der Waals surface area contributed by atoms with Gasteiger partial charge < -0.3 is 9.47 Å². The number of hydrogen-bond donors (Lipinski definition) is 0. The molecule has 2 unspecified atom stereocenters. The van der Waals surface area contributed by atoms with Crippen LogP contribution in [0.4, 0.5) is 0 Å². The molecule has 21 heavy (non-hydrogen) atoms. The summed E-state index contributed by atoms with van der Waals surface area (Å²) in [6, 6.07) is 12.5. The van der Waals surface area contributed by atoms with Crippen molar-refractivity contribution in [3.05, 3.63) is 57.6 Å². The standard InChI is InChI=1S/C17H14BrClO2/c18-14-9-16-15(20-5-6-21-16)8-13(14)17(19)12-7-10-3-1-2-4-11(10)12/h1-4,8-9,12,17H,5-7H2. The van der Waals surface area contributed by atoms with E-state index in [1.807, 2.05) is 12.1 Å². The van der Waals surface area contributed by atoms with E-state index in [1.54, 1.807) is 0 Å². The Bertz CT molecular complexity index is 701. The lowest BCUT2D eigenvalue weighted by Gasteiger charge is -2.34. The molecule has 0 fully saturated rings. The van der Waals surface area contributed by atoms with Crippen LogP contribution in [0.5, 0.6) is 11.5 Å². The van der Waals surface area contributed by atoms with E-state index >= 15 is 0 Å². The molecule has 1 aliphatic carbocycles. The first-order chi connectivity index (χ1) is 10.2. The average molecular weight is 366 g/mol. The highest BCUT2D eigenvalue weighted by Gasteiger charge is 2.34. The summed E-state index contributed by atoms with van der Waals surface area (Å²) in [6.07, 6.45) is 1.03. The molecule has 2 aliphatic rings. The minimum absolute atomic E-state index is 0.0647. The van der Waals surface area contributed by atoms with Gasteiger partial charge in [-0.05, 0) is 35.2 Å². The summed E-state index contributed by atoms with van der Waals surface area (Å²) in [7, 11) is 0. The number of ether oxygens (including phenoxy) is 2. The van der Waals surface area contributed by atoms with Crippen molar-refractivity contribution in [3.63, 3.8) is 0 Å². The molecule has 4 rings (SSSR count). The van der Waals surface area contributed by atoms with Crippen LogP contribution in [0.25, 0.3) is 0 Å². The normalized spacial score (nSPS) is 20.4. The summed E-state index contributed by atoms with van der Waals surface area (Å²) < 4.78 is 12.2. The second-order valence-electron chi connectivity index (χ2n) is 5.43. The Balaban J connectivity index is 1.68. The van der Waals surface area contributed by atoms with Crippen molar-refractivity contribution in [1.82, 2.24) is 0 Å². The number of hydrogen-bond acceptors (Lipinski definition) is 2. The molecule has 2 aromatic carbocycles. The molecule has 0 saturated heterocycles. The third-order valence-electron chi connectivity index (χ3n) is 4.21. The van der Waals surface area contributed by atoms with Gasteiger partial charge in [-0.15, -0.1) is 11.6 Å². The molecule has 0 radical (unpaired) electrons. The monoisotopic (exact) mass is 364 g/mol. The summed E-state index contributed by atoms with van der Waals surface area (Å²) >= 11 is 10.4. The first-order valence-corrected chi connectivity index (χ1v) is 8.28. The van der Waals surface area contributed by atoms with Gasteiger partial charge in [0.05, 0.1) is 5.38 Å². The summed E-state index contributed by atoms with van der Waals surface area (Å²) in [4.78, 5) is 0. The van der Waals surface area contributed by atoms with E-state index in [2.05, 4.69) is 40.2 Å². The van der Waals surface area contributed by atoms with Crippen LogP contribution in [0.3, 0.4) is 0 Å². The third-order valence-corrected chi connectivity index (χ3v) is 5.43. The van der Waals surface area contributed by atoms with Crippen LogP contribution in [0.15, 0.2) is 40.9 Å². The Morgan fingerprint density at radius 1 is 1.10 bits per heavy atom. The number of benzene rings is 2. The summed E-state index contributed by atoms with van der Waals surface area (Å²) in [5.74, 6) is 1.94. The lowest BCUT2D eigenvalue weighted by molar-refractivity contribution is 0.171. The fourth-order valence-corrected chi connectivity index (χ4v) is 4.17. The molecule has 0 aromatic heterocycles. The number of halogens is 2. The number of fused-ring (bicyclic) bond motifs is 2. The molecule has 1 heterocycles.